The van der Waals surface area contributed by atoms with Gasteiger partial charge in [0.25, 0.3) is 5.56 Å². The van der Waals surface area contributed by atoms with Gasteiger partial charge in [-0.15, -0.1) is 11.3 Å². The molecule has 160 valence electrons. The van der Waals surface area contributed by atoms with E-state index in [1.54, 1.807) is 7.11 Å². The van der Waals surface area contributed by atoms with E-state index in [2.05, 4.69) is 10.3 Å². The van der Waals surface area contributed by atoms with Crippen LogP contribution in [0.1, 0.15) is 30.4 Å². The fraction of sp³-hybridized carbons (Fsp3) is 0.250. The molecule has 31 heavy (non-hydrogen) atoms. The van der Waals surface area contributed by atoms with E-state index in [4.69, 9.17) is 9.84 Å². The second-order valence-electron chi connectivity index (χ2n) is 7.55. The normalized spacial score (nSPS) is 12.2. The van der Waals surface area contributed by atoms with Crippen LogP contribution >= 0.6 is 11.3 Å². The number of aromatic nitrogens is 1. The number of methoxy groups -OCH3 is 1. The number of rotatable bonds is 6. The SMILES string of the molecule is CCC(CNC(=O)O)c1ccc(-c2c(OC)cc(C)c3[nH]c(=O)c4sccc4c23)cc1. The molecule has 0 aliphatic carbocycles. The number of ether oxygens (including phenoxy) is 1. The van der Waals surface area contributed by atoms with Crippen LogP contribution in [0.5, 0.6) is 5.75 Å². The van der Waals surface area contributed by atoms with Crippen molar-refractivity contribution in [3.05, 3.63) is 63.3 Å². The minimum absolute atomic E-state index is 0.0798. The molecule has 6 nitrogen and oxygen atoms in total. The quantitative estimate of drug-likeness (QED) is 0.373. The average molecular weight is 437 g/mol. The number of H-pyrrole nitrogens is 1. The third-order valence-electron chi connectivity index (χ3n) is 5.75. The highest BCUT2D eigenvalue weighted by molar-refractivity contribution is 7.17. The van der Waals surface area contributed by atoms with E-state index in [1.165, 1.54) is 11.3 Å². The minimum Gasteiger partial charge on any atom is -0.496 e. The van der Waals surface area contributed by atoms with Gasteiger partial charge in [-0.25, -0.2) is 4.79 Å². The van der Waals surface area contributed by atoms with Crippen molar-refractivity contribution in [2.24, 2.45) is 0 Å². The third-order valence-corrected chi connectivity index (χ3v) is 6.66. The number of thiophene rings is 1. The van der Waals surface area contributed by atoms with E-state index >= 15 is 0 Å². The van der Waals surface area contributed by atoms with E-state index in [0.29, 0.717) is 11.2 Å². The minimum atomic E-state index is -1.01. The number of aryl methyl sites for hydroxylation is 1. The zero-order valence-corrected chi connectivity index (χ0v) is 18.4. The van der Waals surface area contributed by atoms with E-state index < -0.39 is 6.09 Å². The highest BCUT2D eigenvalue weighted by Crippen LogP contribution is 2.42. The number of carbonyl (C=O) groups is 1. The summed E-state index contributed by atoms with van der Waals surface area (Å²) in [5, 5.41) is 15.2. The van der Waals surface area contributed by atoms with Gasteiger partial charge in [0, 0.05) is 28.8 Å². The maximum absolute atomic E-state index is 12.5. The molecule has 0 aliphatic rings. The Balaban J connectivity index is 1.89. The molecule has 3 N–H and O–H groups in total. The van der Waals surface area contributed by atoms with Crippen molar-refractivity contribution in [2.45, 2.75) is 26.2 Å². The van der Waals surface area contributed by atoms with Crippen LogP contribution < -0.4 is 15.6 Å². The predicted octanol–water partition coefficient (Wildman–Crippen LogP) is 5.49. The average Bonchev–Trinajstić information content (AvgIpc) is 3.26. The standard InChI is InChI=1S/C24H24N2O4S/c1-4-14(12-25-24(28)29)15-5-7-16(8-6-15)19-18(30-3)11-13(2)21-20(19)17-9-10-31-22(17)23(27)26-21/h5-11,14,25H,4,12H2,1-3H3,(H,26,27)(H,28,29). The maximum Gasteiger partial charge on any atom is 0.404 e. The fourth-order valence-corrected chi connectivity index (χ4v) is 4.94. The summed E-state index contributed by atoms with van der Waals surface area (Å²) in [5.74, 6) is 0.846. The van der Waals surface area contributed by atoms with Crippen LogP contribution in [0.15, 0.2) is 46.6 Å². The molecule has 2 aromatic carbocycles. The molecule has 4 rings (SSSR count). The molecule has 2 heterocycles. The Morgan fingerprint density at radius 2 is 2.00 bits per heavy atom. The van der Waals surface area contributed by atoms with Gasteiger partial charge in [0.1, 0.15) is 10.4 Å². The van der Waals surface area contributed by atoms with Gasteiger partial charge in [0.05, 0.1) is 12.6 Å². The summed E-state index contributed by atoms with van der Waals surface area (Å²) in [4.78, 5) is 26.5. The number of hydrogen-bond acceptors (Lipinski definition) is 4. The summed E-state index contributed by atoms with van der Waals surface area (Å²) in [7, 11) is 1.65. The molecule has 0 bridgehead atoms. The summed E-state index contributed by atoms with van der Waals surface area (Å²) >= 11 is 1.43. The largest absolute Gasteiger partial charge is 0.496 e. The van der Waals surface area contributed by atoms with Crippen molar-refractivity contribution in [3.8, 4) is 16.9 Å². The van der Waals surface area contributed by atoms with Crippen LogP contribution in [-0.4, -0.2) is 29.8 Å². The van der Waals surface area contributed by atoms with Crippen LogP contribution in [0.4, 0.5) is 4.79 Å². The van der Waals surface area contributed by atoms with Gasteiger partial charge in [0.15, 0.2) is 0 Å². The molecule has 0 saturated carbocycles. The highest BCUT2D eigenvalue weighted by Gasteiger charge is 2.19. The van der Waals surface area contributed by atoms with Gasteiger partial charge in [-0.05, 0) is 47.5 Å². The number of carboxylic acid groups (broad SMARTS) is 1. The number of aromatic amines is 1. The first-order valence-electron chi connectivity index (χ1n) is 10.1. The van der Waals surface area contributed by atoms with Gasteiger partial charge < -0.3 is 20.1 Å². The number of hydrogen-bond donors (Lipinski definition) is 3. The number of amides is 1. The van der Waals surface area contributed by atoms with Crippen molar-refractivity contribution >= 4 is 38.4 Å². The van der Waals surface area contributed by atoms with Crippen molar-refractivity contribution in [3.63, 3.8) is 0 Å². The molecule has 4 aromatic rings. The molecular weight excluding hydrogens is 412 g/mol. The van der Waals surface area contributed by atoms with Crippen molar-refractivity contribution in [1.82, 2.24) is 10.3 Å². The lowest BCUT2D eigenvalue weighted by Crippen LogP contribution is -2.26. The smallest absolute Gasteiger partial charge is 0.404 e. The zero-order valence-electron chi connectivity index (χ0n) is 17.6. The van der Waals surface area contributed by atoms with E-state index in [0.717, 1.165) is 50.7 Å². The van der Waals surface area contributed by atoms with Crippen LogP contribution in [0.3, 0.4) is 0 Å². The molecule has 0 saturated heterocycles. The van der Waals surface area contributed by atoms with Crippen molar-refractivity contribution < 1.29 is 14.6 Å². The molecule has 0 radical (unpaired) electrons. The first-order chi connectivity index (χ1) is 14.9. The molecule has 0 aliphatic heterocycles. The van der Waals surface area contributed by atoms with E-state index in [-0.39, 0.29) is 11.5 Å². The van der Waals surface area contributed by atoms with E-state index in [9.17, 15) is 9.59 Å². The molecular formula is C24H24N2O4S. The predicted molar refractivity (Wildman–Crippen MR) is 126 cm³/mol. The molecule has 0 spiro atoms. The van der Waals surface area contributed by atoms with Crippen LogP contribution in [-0.2, 0) is 0 Å². The first kappa shape index (κ1) is 20.9. The number of fused-ring (bicyclic) bond motifs is 3. The second kappa shape index (κ2) is 8.43. The fourth-order valence-electron chi connectivity index (χ4n) is 4.15. The Bertz CT molecular complexity index is 1320. The van der Waals surface area contributed by atoms with Crippen LogP contribution in [0, 0.1) is 6.92 Å². The summed E-state index contributed by atoms with van der Waals surface area (Å²) < 4.78 is 6.44. The van der Waals surface area contributed by atoms with Crippen molar-refractivity contribution in [2.75, 3.05) is 13.7 Å². The molecule has 2 aromatic heterocycles. The van der Waals surface area contributed by atoms with Gasteiger partial charge >= 0.3 is 6.09 Å². The van der Waals surface area contributed by atoms with Crippen LogP contribution in [0.25, 0.3) is 32.1 Å². The lowest BCUT2D eigenvalue weighted by Gasteiger charge is -2.18. The number of nitrogens with one attached hydrogen (secondary N) is 2. The summed E-state index contributed by atoms with van der Waals surface area (Å²) in [5.41, 5.74) is 4.67. The highest BCUT2D eigenvalue weighted by atomic mass is 32.1. The Morgan fingerprint density at radius 1 is 1.26 bits per heavy atom. The topological polar surface area (TPSA) is 91.4 Å². The Labute approximate surface area is 183 Å². The van der Waals surface area contributed by atoms with Gasteiger partial charge in [-0.1, -0.05) is 31.2 Å². The third kappa shape index (κ3) is 3.77. The molecule has 0 fully saturated rings. The van der Waals surface area contributed by atoms with Gasteiger partial charge in [-0.3, -0.25) is 4.79 Å². The summed E-state index contributed by atoms with van der Waals surface area (Å²) in [6, 6.07) is 12.1. The van der Waals surface area contributed by atoms with Gasteiger partial charge in [0.2, 0.25) is 0 Å². The van der Waals surface area contributed by atoms with Crippen molar-refractivity contribution in [1.29, 1.82) is 0 Å². The lowest BCUT2D eigenvalue weighted by molar-refractivity contribution is 0.193. The molecule has 1 atom stereocenters. The lowest BCUT2D eigenvalue weighted by atomic mass is 9.91. The summed E-state index contributed by atoms with van der Waals surface area (Å²) in [6.07, 6.45) is -0.188. The second-order valence-corrected chi connectivity index (χ2v) is 8.47. The molecule has 1 unspecified atom stereocenters. The number of benzene rings is 2. The zero-order chi connectivity index (χ0) is 22.1. The molecule has 7 heteroatoms. The Morgan fingerprint density at radius 3 is 2.65 bits per heavy atom. The van der Waals surface area contributed by atoms with E-state index in [1.807, 2.05) is 55.6 Å². The first-order valence-corrected chi connectivity index (χ1v) is 11.0. The Kier molecular flexibility index (Phi) is 5.69. The summed E-state index contributed by atoms with van der Waals surface area (Å²) in [6.45, 7) is 4.38. The van der Waals surface area contributed by atoms with Crippen LogP contribution in [0.2, 0.25) is 0 Å². The molecule has 1 amide bonds. The monoisotopic (exact) mass is 436 g/mol. The Hall–Kier alpha value is -3.32. The number of pyridine rings is 1. The van der Waals surface area contributed by atoms with Gasteiger partial charge in [-0.2, -0.15) is 0 Å². The maximum atomic E-state index is 12.5.